The highest BCUT2D eigenvalue weighted by Crippen LogP contribution is 2.29. The molecule has 40 heavy (non-hydrogen) atoms. The lowest BCUT2D eigenvalue weighted by atomic mass is 10.1. The van der Waals surface area contributed by atoms with E-state index in [1.807, 2.05) is 12.1 Å². The minimum atomic E-state index is -0.376. The first kappa shape index (κ1) is 28.3. The Hall–Kier alpha value is -3.25. The average molecular weight is 645 g/mol. The van der Waals surface area contributed by atoms with Gasteiger partial charge in [0.2, 0.25) is 5.91 Å². The second kappa shape index (κ2) is 12.5. The number of aliphatic hydroxyl groups is 1. The van der Waals surface area contributed by atoms with E-state index in [2.05, 4.69) is 26.3 Å². The Morgan fingerprint density at radius 3 is 2.50 bits per heavy atom. The number of thiophene rings is 1. The largest absolute Gasteiger partial charge is 0.392 e. The highest BCUT2D eigenvalue weighted by molar-refractivity contribution is 9.10. The van der Waals surface area contributed by atoms with Gasteiger partial charge in [-0.05, 0) is 71.1 Å². The van der Waals surface area contributed by atoms with Crippen LogP contribution < -0.4 is 10.9 Å². The minimum absolute atomic E-state index is 0.0370. The zero-order valence-electron chi connectivity index (χ0n) is 21.5. The number of pyridine rings is 1. The second-order valence-corrected chi connectivity index (χ2v) is 12.1. The standard InChI is InChI=1S/C28H27BrClN5O4S/c29-26-21(10-13-34(28(26)39)16-25(37)33-11-2-1-3-12-33)22-14-24(31-15-20-8-9-23(30)40-20)35(32-22)27(38)19-6-4-18(17-36)5-7-19/h4-10,13-14,31,36H,1-3,11-12,15-17H2. The third kappa shape index (κ3) is 6.22. The summed E-state index contributed by atoms with van der Waals surface area (Å²) >= 11 is 10.9. The lowest BCUT2D eigenvalue weighted by Crippen LogP contribution is -2.39. The fourth-order valence-corrected chi connectivity index (χ4v) is 6.14. The van der Waals surface area contributed by atoms with Crippen LogP contribution in [-0.2, 0) is 24.5 Å². The highest BCUT2D eigenvalue weighted by Gasteiger charge is 2.22. The molecule has 3 aromatic heterocycles. The molecule has 0 saturated carbocycles. The van der Waals surface area contributed by atoms with Crippen molar-refractivity contribution in [3.8, 4) is 11.3 Å². The van der Waals surface area contributed by atoms with E-state index in [1.165, 1.54) is 20.6 Å². The Kier molecular flexibility index (Phi) is 8.84. The number of benzene rings is 1. The first-order chi connectivity index (χ1) is 19.3. The Morgan fingerprint density at radius 1 is 1.07 bits per heavy atom. The van der Waals surface area contributed by atoms with Gasteiger partial charge in [0.25, 0.3) is 11.5 Å². The maximum absolute atomic E-state index is 13.5. The number of aromatic nitrogens is 3. The van der Waals surface area contributed by atoms with E-state index in [1.54, 1.807) is 47.5 Å². The molecule has 0 unspecified atom stereocenters. The van der Waals surface area contributed by atoms with E-state index < -0.39 is 0 Å². The molecule has 4 aromatic rings. The third-order valence-corrected chi connectivity index (χ3v) is 8.75. The quantitative estimate of drug-likeness (QED) is 0.280. The molecule has 0 radical (unpaired) electrons. The van der Waals surface area contributed by atoms with Crippen molar-refractivity contribution in [2.24, 2.45) is 0 Å². The number of piperidine rings is 1. The number of anilines is 1. The van der Waals surface area contributed by atoms with Crippen LogP contribution in [0.4, 0.5) is 5.82 Å². The molecule has 0 bridgehead atoms. The van der Waals surface area contributed by atoms with E-state index in [0.29, 0.717) is 52.2 Å². The molecule has 9 nitrogen and oxygen atoms in total. The predicted octanol–water partition coefficient (Wildman–Crippen LogP) is 4.99. The van der Waals surface area contributed by atoms with Crippen LogP contribution in [0.15, 0.2) is 64.0 Å². The number of nitrogens with zero attached hydrogens (tertiary/aromatic N) is 4. The number of hydrogen-bond donors (Lipinski definition) is 2. The fraction of sp³-hybridized carbons (Fsp3) is 0.286. The number of carbonyl (C=O) groups excluding carboxylic acids is 2. The van der Waals surface area contributed by atoms with E-state index in [0.717, 1.165) is 24.1 Å². The summed E-state index contributed by atoms with van der Waals surface area (Å²) in [4.78, 5) is 42.2. The van der Waals surface area contributed by atoms with Crippen LogP contribution in [-0.4, -0.2) is 49.3 Å². The molecule has 208 valence electrons. The Balaban J connectivity index is 1.45. The number of aliphatic hydroxyl groups excluding tert-OH is 1. The van der Waals surface area contributed by atoms with Gasteiger partial charge >= 0.3 is 0 Å². The van der Waals surface area contributed by atoms with E-state index in [-0.39, 0.29) is 35.0 Å². The maximum atomic E-state index is 13.5. The maximum Gasteiger partial charge on any atom is 0.280 e. The summed E-state index contributed by atoms with van der Waals surface area (Å²) in [6, 6.07) is 13.8. The summed E-state index contributed by atoms with van der Waals surface area (Å²) in [6.07, 6.45) is 4.66. The zero-order valence-corrected chi connectivity index (χ0v) is 24.6. The van der Waals surface area contributed by atoms with Gasteiger partial charge in [0, 0.05) is 41.4 Å². The molecular formula is C28H27BrClN5O4S. The van der Waals surface area contributed by atoms with Gasteiger partial charge < -0.3 is 19.9 Å². The van der Waals surface area contributed by atoms with Gasteiger partial charge in [0.05, 0.1) is 27.7 Å². The lowest BCUT2D eigenvalue weighted by Gasteiger charge is -2.27. The molecule has 4 heterocycles. The summed E-state index contributed by atoms with van der Waals surface area (Å²) in [5.41, 5.74) is 1.63. The SMILES string of the molecule is O=C(Cn1ccc(-c2cc(NCc3ccc(Cl)s3)n(C(=O)c3ccc(CO)cc3)n2)c(Br)c1=O)N1CCCCC1. The summed E-state index contributed by atoms with van der Waals surface area (Å²) in [5, 5.41) is 17.2. The molecular weight excluding hydrogens is 618 g/mol. The van der Waals surface area contributed by atoms with Gasteiger partial charge in [-0.2, -0.15) is 9.78 Å². The number of nitrogens with one attached hydrogen (secondary N) is 1. The van der Waals surface area contributed by atoms with E-state index >= 15 is 0 Å². The third-order valence-electron chi connectivity index (χ3n) is 6.75. The number of hydrogen-bond acceptors (Lipinski definition) is 7. The average Bonchev–Trinajstić information content (AvgIpc) is 3.60. The van der Waals surface area contributed by atoms with Crippen molar-refractivity contribution in [2.75, 3.05) is 18.4 Å². The number of rotatable bonds is 8. The van der Waals surface area contributed by atoms with Crippen LogP contribution in [0.1, 0.15) is 40.1 Å². The van der Waals surface area contributed by atoms with Crippen LogP contribution in [0.3, 0.4) is 0 Å². The van der Waals surface area contributed by atoms with E-state index in [4.69, 9.17) is 11.6 Å². The Bertz CT molecular complexity index is 1590. The zero-order chi connectivity index (χ0) is 28.2. The lowest BCUT2D eigenvalue weighted by molar-refractivity contribution is -0.132. The van der Waals surface area contributed by atoms with Crippen LogP contribution in [0.2, 0.25) is 4.34 Å². The summed E-state index contributed by atoms with van der Waals surface area (Å²) in [7, 11) is 0. The number of halogens is 2. The molecule has 5 rings (SSSR count). The number of likely N-dealkylation sites (tertiary alicyclic amines) is 1. The van der Waals surface area contributed by atoms with Crippen molar-refractivity contribution < 1.29 is 14.7 Å². The van der Waals surface area contributed by atoms with Crippen molar-refractivity contribution in [3.05, 3.63) is 89.9 Å². The first-order valence-electron chi connectivity index (χ1n) is 12.8. The van der Waals surface area contributed by atoms with Crippen LogP contribution in [0.5, 0.6) is 0 Å². The molecule has 1 fully saturated rings. The van der Waals surface area contributed by atoms with Crippen molar-refractivity contribution in [2.45, 2.75) is 39.0 Å². The number of amides is 1. The van der Waals surface area contributed by atoms with Gasteiger partial charge in [-0.25, -0.2) is 0 Å². The van der Waals surface area contributed by atoms with E-state index in [9.17, 15) is 19.5 Å². The number of carbonyl (C=O) groups is 2. The molecule has 1 aliphatic heterocycles. The summed E-state index contributed by atoms with van der Waals surface area (Å²) in [6.45, 7) is 1.69. The molecule has 12 heteroatoms. The van der Waals surface area contributed by atoms with Crippen LogP contribution >= 0.6 is 38.9 Å². The normalized spacial score (nSPS) is 13.4. The molecule has 1 amide bonds. The molecule has 0 atom stereocenters. The molecule has 1 aromatic carbocycles. The fourth-order valence-electron chi connectivity index (χ4n) is 4.55. The molecule has 0 spiro atoms. The van der Waals surface area contributed by atoms with Crippen molar-refractivity contribution in [1.29, 1.82) is 0 Å². The second-order valence-electron chi connectivity index (χ2n) is 9.46. The predicted molar refractivity (Wildman–Crippen MR) is 159 cm³/mol. The van der Waals surface area contributed by atoms with Gasteiger partial charge in [-0.1, -0.05) is 23.7 Å². The van der Waals surface area contributed by atoms with Crippen LogP contribution in [0.25, 0.3) is 11.3 Å². The van der Waals surface area contributed by atoms with Crippen molar-refractivity contribution in [1.82, 2.24) is 19.2 Å². The molecule has 2 N–H and O–H groups in total. The summed E-state index contributed by atoms with van der Waals surface area (Å²) < 4.78 is 3.56. The van der Waals surface area contributed by atoms with Crippen LogP contribution in [0, 0.1) is 0 Å². The van der Waals surface area contributed by atoms with Gasteiger partial charge in [-0.3, -0.25) is 14.4 Å². The van der Waals surface area contributed by atoms with Crippen molar-refractivity contribution in [3.63, 3.8) is 0 Å². The van der Waals surface area contributed by atoms with Gasteiger partial charge in [-0.15, -0.1) is 11.3 Å². The first-order valence-corrected chi connectivity index (χ1v) is 14.8. The van der Waals surface area contributed by atoms with Gasteiger partial charge in [0.1, 0.15) is 12.4 Å². The van der Waals surface area contributed by atoms with Gasteiger partial charge in [0.15, 0.2) is 0 Å². The highest BCUT2D eigenvalue weighted by atomic mass is 79.9. The minimum Gasteiger partial charge on any atom is -0.392 e. The molecule has 1 saturated heterocycles. The molecule has 1 aliphatic rings. The molecule has 0 aliphatic carbocycles. The van der Waals surface area contributed by atoms with Crippen molar-refractivity contribution >= 4 is 56.5 Å². The summed E-state index contributed by atoms with van der Waals surface area (Å²) in [5.74, 6) is -0.0186. The Labute approximate surface area is 248 Å². The topological polar surface area (TPSA) is 109 Å². The monoisotopic (exact) mass is 643 g/mol. The Morgan fingerprint density at radius 2 is 1.82 bits per heavy atom. The smallest absolute Gasteiger partial charge is 0.280 e.